The van der Waals surface area contributed by atoms with Gasteiger partial charge in [-0.15, -0.1) is 10.2 Å². The van der Waals surface area contributed by atoms with Crippen molar-refractivity contribution in [1.29, 1.82) is 0 Å². The Morgan fingerprint density at radius 3 is 3.00 bits per heavy atom. The van der Waals surface area contributed by atoms with E-state index in [1.807, 2.05) is 17.9 Å². The molecular formula is C16H18N4O. The van der Waals surface area contributed by atoms with Gasteiger partial charge in [0.25, 0.3) is 0 Å². The summed E-state index contributed by atoms with van der Waals surface area (Å²) in [5.41, 5.74) is 2.54. The van der Waals surface area contributed by atoms with E-state index in [0.717, 1.165) is 37.6 Å². The molecule has 1 aromatic carbocycles. The Labute approximate surface area is 123 Å². The summed E-state index contributed by atoms with van der Waals surface area (Å²) in [6.45, 7) is 4.09. The zero-order valence-electron chi connectivity index (χ0n) is 12.1. The molecule has 0 saturated carbocycles. The number of rotatable bonds is 1. The predicted octanol–water partition coefficient (Wildman–Crippen LogP) is 1.66. The maximum absolute atomic E-state index is 12.8. The van der Waals surface area contributed by atoms with Crippen molar-refractivity contribution in [2.24, 2.45) is 0 Å². The van der Waals surface area contributed by atoms with Crippen LogP contribution in [0.25, 0.3) is 0 Å². The lowest BCUT2D eigenvalue weighted by Crippen LogP contribution is -2.40. The van der Waals surface area contributed by atoms with Gasteiger partial charge in [-0.2, -0.15) is 0 Å². The van der Waals surface area contributed by atoms with Crippen LogP contribution in [0.3, 0.4) is 0 Å². The van der Waals surface area contributed by atoms with Crippen LogP contribution in [0.4, 0.5) is 0 Å². The summed E-state index contributed by atoms with van der Waals surface area (Å²) < 4.78 is 2.10. The first kappa shape index (κ1) is 12.6. The molecule has 21 heavy (non-hydrogen) atoms. The normalized spacial score (nSPS) is 20.2. The van der Waals surface area contributed by atoms with E-state index in [1.165, 1.54) is 11.1 Å². The third-order valence-electron chi connectivity index (χ3n) is 4.68. The van der Waals surface area contributed by atoms with Gasteiger partial charge in [-0.1, -0.05) is 24.3 Å². The largest absolute Gasteiger partial charge is 0.333 e. The van der Waals surface area contributed by atoms with Crippen molar-refractivity contribution < 1.29 is 4.79 Å². The summed E-state index contributed by atoms with van der Waals surface area (Å²) in [4.78, 5) is 14.8. The topological polar surface area (TPSA) is 51.0 Å². The van der Waals surface area contributed by atoms with Crippen LogP contribution >= 0.6 is 0 Å². The van der Waals surface area contributed by atoms with Crippen LogP contribution in [0, 0.1) is 6.92 Å². The quantitative estimate of drug-likeness (QED) is 0.799. The summed E-state index contributed by atoms with van der Waals surface area (Å²) >= 11 is 0. The Balaban J connectivity index is 1.57. The van der Waals surface area contributed by atoms with Crippen LogP contribution in [0.1, 0.15) is 35.1 Å². The van der Waals surface area contributed by atoms with Crippen LogP contribution < -0.4 is 0 Å². The molecule has 1 aliphatic heterocycles. The molecule has 0 bridgehead atoms. The molecule has 1 aliphatic carbocycles. The van der Waals surface area contributed by atoms with Crippen LogP contribution in [0.15, 0.2) is 24.3 Å². The maximum atomic E-state index is 12.8. The van der Waals surface area contributed by atoms with Gasteiger partial charge in [0.15, 0.2) is 5.82 Å². The average Bonchev–Trinajstić information content (AvgIpc) is 3.10. The lowest BCUT2D eigenvalue weighted by Gasteiger charge is -2.30. The highest BCUT2D eigenvalue weighted by Gasteiger charge is 2.33. The Morgan fingerprint density at radius 2 is 2.10 bits per heavy atom. The SMILES string of the molecule is Cc1nnc2n1CCN(C(=O)[C@@H]1CCc3ccccc31)C2. The average molecular weight is 282 g/mol. The Kier molecular flexibility index (Phi) is 2.80. The van der Waals surface area contributed by atoms with Gasteiger partial charge in [-0.05, 0) is 30.9 Å². The number of amides is 1. The second-order valence-electron chi connectivity index (χ2n) is 5.86. The number of carbonyl (C=O) groups is 1. The Bertz CT molecular complexity index is 706. The van der Waals surface area contributed by atoms with Crippen molar-refractivity contribution in [3.8, 4) is 0 Å². The fourth-order valence-electron chi connectivity index (χ4n) is 3.53. The van der Waals surface area contributed by atoms with Crippen LogP contribution in [0.5, 0.6) is 0 Å². The van der Waals surface area contributed by atoms with Gasteiger partial charge in [0.2, 0.25) is 5.91 Å². The molecule has 108 valence electrons. The first-order valence-electron chi connectivity index (χ1n) is 7.49. The molecule has 5 nitrogen and oxygen atoms in total. The van der Waals surface area contributed by atoms with Crippen LogP contribution in [0.2, 0.25) is 0 Å². The highest BCUT2D eigenvalue weighted by Crippen LogP contribution is 2.34. The second-order valence-corrected chi connectivity index (χ2v) is 5.86. The number of nitrogens with zero attached hydrogens (tertiary/aromatic N) is 4. The lowest BCUT2D eigenvalue weighted by atomic mass is 9.99. The van der Waals surface area contributed by atoms with Gasteiger partial charge in [-0.25, -0.2) is 0 Å². The molecule has 1 atom stereocenters. The van der Waals surface area contributed by atoms with Crippen molar-refractivity contribution in [1.82, 2.24) is 19.7 Å². The summed E-state index contributed by atoms with van der Waals surface area (Å²) in [5.74, 6) is 2.10. The van der Waals surface area contributed by atoms with Crippen molar-refractivity contribution >= 4 is 5.91 Å². The minimum absolute atomic E-state index is 0.0248. The molecule has 0 radical (unpaired) electrons. The molecule has 2 heterocycles. The van der Waals surface area contributed by atoms with Gasteiger partial charge in [0.1, 0.15) is 5.82 Å². The number of aryl methyl sites for hydroxylation is 2. The first-order valence-corrected chi connectivity index (χ1v) is 7.49. The molecule has 1 aromatic heterocycles. The third kappa shape index (κ3) is 1.95. The minimum Gasteiger partial charge on any atom is -0.333 e. The molecule has 0 N–H and O–H groups in total. The molecule has 0 fully saturated rings. The van der Waals surface area contributed by atoms with Gasteiger partial charge >= 0.3 is 0 Å². The van der Waals surface area contributed by atoms with Gasteiger partial charge in [0, 0.05) is 13.1 Å². The summed E-state index contributed by atoms with van der Waals surface area (Å²) in [7, 11) is 0. The number of hydrogen-bond donors (Lipinski definition) is 0. The van der Waals surface area contributed by atoms with Gasteiger partial charge in [-0.3, -0.25) is 4.79 Å². The Hall–Kier alpha value is -2.17. The zero-order chi connectivity index (χ0) is 14.4. The summed E-state index contributed by atoms with van der Waals surface area (Å²) in [6.07, 6.45) is 1.94. The number of fused-ring (bicyclic) bond motifs is 2. The molecule has 0 spiro atoms. The molecule has 2 aromatic rings. The van der Waals surface area contributed by atoms with Crippen molar-refractivity contribution in [2.45, 2.75) is 38.8 Å². The summed E-state index contributed by atoms with van der Waals surface area (Å²) in [6, 6.07) is 8.32. The van der Waals surface area contributed by atoms with Gasteiger partial charge in [0.05, 0.1) is 12.5 Å². The highest BCUT2D eigenvalue weighted by molar-refractivity contribution is 5.85. The standard InChI is InChI=1S/C16H18N4O/c1-11-17-18-15-10-19(8-9-20(11)15)16(21)14-7-6-12-4-2-3-5-13(12)14/h2-5,14H,6-10H2,1H3/t14-/m1/s1. The van der Waals surface area contributed by atoms with E-state index >= 15 is 0 Å². The predicted molar refractivity (Wildman–Crippen MR) is 77.7 cm³/mol. The van der Waals surface area contributed by atoms with E-state index in [1.54, 1.807) is 0 Å². The van der Waals surface area contributed by atoms with Crippen molar-refractivity contribution in [3.05, 3.63) is 47.0 Å². The van der Waals surface area contributed by atoms with E-state index < -0.39 is 0 Å². The Morgan fingerprint density at radius 1 is 1.24 bits per heavy atom. The number of carbonyl (C=O) groups excluding carboxylic acids is 1. The van der Waals surface area contributed by atoms with E-state index in [4.69, 9.17) is 0 Å². The molecular weight excluding hydrogens is 264 g/mol. The molecule has 0 saturated heterocycles. The maximum Gasteiger partial charge on any atom is 0.230 e. The van der Waals surface area contributed by atoms with E-state index in [-0.39, 0.29) is 11.8 Å². The monoisotopic (exact) mass is 282 g/mol. The smallest absolute Gasteiger partial charge is 0.230 e. The highest BCUT2D eigenvalue weighted by atomic mass is 16.2. The molecule has 0 unspecified atom stereocenters. The molecule has 4 rings (SSSR count). The van der Waals surface area contributed by atoms with Crippen molar-refractivity contribution in [2.75, 3.05) is 6.54 Å². The van der Waals surface area contributed by atoms with E-state index in [0.29, 0.717) is 6.54 Å². The van der Waals surface area contributed by atoms with Crippen molar-refractivity contribution in [3.63, 3.8) is 0 Å². The molecule has 1 amide bonds. The lowest BCUT2D eigenvalue weighted by molar-refractivity contribution is -0.134. The number of aromatic nitrogens is 3. The van der Waals surface area contributed by atoms with Gasteiger partial charge < -0.3 is 9.47 Å². The first-order chi connectivity index (χ1) is 10.2. The number of hydrogen-bond acceptors (Lipinski definition) is 3. The minimum atomic E-state index is 0.0248. The summed E-state index contributed by atoms with van der Waals surface area (Å²) in [5, 5.41) is 8.28. The molecule has 2 aliphatic rings. The van der Waals surface area contributed by atoms with E-state index in [2.05, 4.69) is 33.0 Å². The van der Waals surface area contributed by atoms with Crippen LogP contribution in [-0.4, -0.2) is 32.1 Å². The fourth-order valence-corrected chi connectivity index (χ4v) is 3.53. The fraction of sp³-hybridized carbons (Fsp3) is 0.438. The molecule has 5 heteroatoms. The zero-order valence-corrected chi connectivity index (χ0v) is 12.1. The third-order valence-corrected chi connectivity index (χ3v) is 4.68. The van der Waals surface area contributed by atoms with Crippen LogP contribution in [-0.2, 0) is 24.3 Å². The number of benzene rings is 1. The van der Waals surface area contributed by atoms with E-state index in [9.17, 15) is 4.79 Å². The second kappa shape index (κ2) is 4.69.